The van der Waals surface area contributed by atoms with Gasteiger partial charge in [0.1, 0.15) is 23.8 Å². The van der Waals surface area contributed by atoms with E-state index in [1.165, 1.54) is 40.9 Å². The lowest BCUT2D eigenvalue weighted by atomic mass is 9.79. The summed E-state index contributed by atoms with van der Waals surface area (Å²) >= 11 is 1.46. The largest absolute Gasteiger partial charge is 0.456 e. The Balaban J connectivity index is 1.34. The Bertz CT molecular complexity index is 1450. The zero-order chi connectivity index (χ0) is 27.1. The predicted molar refractivity (Wildman–Crippen MR) is 141 cm³/mol. The number of non-ortho nitro benzene ring substituents is 1. The molecule has 3 aromatic rings. The van der Waals surface area contributed by atoms with Gasteiger partial charge in [0.25, 0.3) is 5.69 Å². The number of β-lactam (4-membered cyclic amide) rings is 1. The summed E-state index contributed by atoms with van der Waals surface area (Å²) in [6, 6.07) is 11.0. The highest BCUT2D eigenvalue weighted by molar-refractivity contribution is 8.03. The van der Waals surface area contributed by atoms with Gasteiger partial charge in [0, 0.05) is 41.3 Å². The van der Waals surface area contributed by atoms with Crippen molar-refractivity contribution in [2.24, 2.45) is 11.8 Å². The number of esters is 1. The van der Waals surface area contributed by atoms with E-state index in [4.69, 9.17) is 10.5 Å². The normalized spacial score (nSPS) is 21.4. The molecule has 0 spiro atoms. The molecule has 0 saturated carbocycles. The number of nitrogens with two attached hydrogens (primary N) is 1. The third-order valence-electron chi connectivity index (χ3n) is 7.06. The molecular formula is C26H27N5O6S. The van der Waals surface area contributed by atoms with Crippen LogP contribution in [0.1, 0.15) is 25.1 Å². The highest BCUT2D eigenvalue weighted by Gasteiger charge is 2.60. The molecule has 0 radical (unpaired) electrons. The number of thioether (sulfide) groups is 1. The molecule has 0 bridgehead atoms. The molecule has 1 amide bonds. The molecule has 198 valence electrons. The monoisotopic (exact) mass is 537 g/mol. The molecule has 4 heterocycles. The first kappa shape index (κ1) is 25.7. The van der Waals surface area contributed by atoms with Gasteiger partial charge in [-0.3, -0.25) is 19.3 Å². The summed E-state index contributed by atoms with van der Waals surface area (Å²) < 4.78 is 7.35. The summed E-state index contributed by atoms with van der Waals surface area (Å²) in [5, 5.41) is 21.1. The van der Waals surface area contributed by atoms with Crippen molar-refractivity contribution in [1.82, 2.24) is 14.3 Å². The number of aryl methyl sites for hydroxylation is 1. The Hall–Kier alpha value is -3.90. The zero-order valence-corrected chi connectivity index (χ0v) is 21.6. The van der Waals surface area contributed by atoms with Gasteiger partial charge in [0.15, 0.2) is 0 Å². The number of rotatable bonds is 9. The van der Waals surface area contributed by atoms with E-state index in [0.717, 1.165) is 16.2 Å². The van der Waals surface area contributed by atoms with Gasteiger partial charge in [-0.1, -0.05) is 13.0 Å². The molecule has 2 aliphatic heterocycles. The summed E-state index contributed by atoms with van der Waals surface area (Å²) in [6.07, 6.45) is 1.56. The standard InChI is InChI=1S/C26H27N5O6S/c1-14-21-20(15(2)32)25(33)30(21)22(26(34)37-13-16-6-8-17(9-7-16)31(35)36)23(14)38-12-10-18-24(27)29-11-4-3-5-19(29)28-18/h3-9,11,14-15,20-21,32H,10,12-13,27H2,1-2H3/t14-,15-,20-,21-/m1/s1. The fraction of sp³-hybridized carbons (Fsp3) is 0.346. The molecule has 11 nitrogen and oxygen atoms in total. The summed E-state index contributed by atoms with van der Waals surface area (Å²) in [5.74, 6) is -0.580. The van der Waals surface area contributed by atoms with E-state index < -0.39 is 22.9 Å². The second-order valence-electron chi connectivity index (χ2n) is 9.44. The quantitative estimate of drug-likeness (QED) is 0.181. The van der Waals surface area contributed by atoms with E-state index in [-0.39, 0.29) is 35.9 Å². The third kappa shape index (κ3) is 4.39. The minimum absolute atomic E-state index is 0.0597. The number of pyridine rings is 1. The van der Waals surface area contributed by atoms with Crippen molar-refractivity contribution in [3.8, 4) is 0 Å². The molecule has 2 aromatic heterocycles. The number of aliphatic hydroxyl groups excluding tert-OH is 1. The van der Waals surface area contributed by atoms with Crippen LogP contribution in [0.3, 0.4) is 0 Å². The van der Waals surface area contributed by atoms with Gasteiger partial charge in [-0.25, -0.2) is 9.78 Å². The van der Waals surface area contributed by atoms with E-state index >= 15 is 0 Å². The minimum Gasteiger partial charge on any atom is -0.456 e. The Morgan fingerprint density at radius 1 is 1.29 bits per heavy atom. The van der Waals surface area contributed by atoms with Crippen molar-refractivity contribution in [2.45, 2.75) is 39.0 Å². The van der Waals surface area contributed by atoms with E-state index in [1.807, 2.05) is 35.7 Å². The molecule has 2 aliphatic rings. The number of aromatic nitrogens is 2. The molecule has 5 rings (SSSR count). The van der Waals surface area contributed by atoms with Gasteiger partial charge in [-0.05, 0) is 36.8 Å². The van der Waals surface area contributed by atoms with Crippen LogP contribution in [0.15, 0.2) is 59.3 Å². The zero-order valence-electron chi connectivity index (χ0n) is 20.8. The number of ether oxygens (including phenoxy) is 1. The highest BCUT2D eigenvalue weighted by Crippen LogP contribution is 2.50. The molecule has 1 fully saturated rings. The number of carbonyl (C=O) groups is 2. The number of nitrogens with zero attached hydrogens (tertiary/aromatic N) is 4. The van der Waals surface area contributed by atoms with Crippen LogP contribution >= 0.6 is 11.8 Å². The number of nitro groups is 1. The van der Waals surface area contributed by atoms with Crippen LogP contribution in [0.2, 0.25) is 0 Å². The van der Waals surface area contributed by atoms with Crippen LogP contribution in [0.4, 0.5) is 11.5 Å². The number of carbonyl (C=O) groups excluding carboxylic acids is 2. The number of nitrogen functional groups attached to an aromatic ring is 1. The Morgan fingerprint density at radius 2 is 2.03 bits per heavy atom. The Kier molecular flexibility index (Phi) is 6.84. The van der Waals surface area contributed by atoms with Gasteiger partial charge < -0.3 is 20.5 Å². The maximum Gasteiger partial charge on any atom is 0.356 e. The second kappa shape index (κ2) is 10.1. The van der Waals surface area contributed by atoms with Crippen LogP contribution in [0.5, 0.6) is 0 Å². The highest BCUT2D eigenvalue weighted by atomic mass is 32.2. The van der Waals surface area contributed by atoms with Crippen molar-refractivity contribution in [3.63, 3.8) is 0 Å². The summed E-state index contributed by atoms with van der Waals surface area (Å²) in [6.45, 7) is 3.42. The van der Waals surface area contributed by atoms with Gasteiger partial charge in [-0.2, -0.15) is 0 Å². The smallest absolute Gasteiger partial charge is 0.356 e. The topological polar surface area (TPSA) is 153 Å². The molecule has 12 heteroatoms. The average molecular weight is 538 g/mol. The Labute approximate surface area is 222 Å². The number of fused-ring (bicyclic) bond motifs is 2. The fourth-order valence-electron chi connectivity index (χ4n) is 5.14. The Morgan fingerprint density at radius 3 is 2.68 bits per heavy atom. The number of nitro benzene ring substituents is 1. The molecule has 4 atom stereocenters. The number of aliphatic hydroxyl groups is 1. The van der Waals surface area contributed by atoms with Crippen molar-refractivity contribution in [2.75, 3.05) is 11.5 Å². The van der Waals surface area contributed by atoms with Crippen LogP contribution in [0.25, 0.3) is 5.65 Å². The van der Waals surface area contributed by atoms with Gasteiger partial charge >= 0.3 is 5.97 Å². The average Bonchev–Trinajstić information content (AvgIpc) is 3.34. The summed E-state index contributed by atoms with van der Waals surface area (Å²) in [5.41, 5.74) is 8.49. The van der Waals surface area contributed by atoms with Gasteiger partial charge in [0.2, 0.25) is 5.91 Å². The van der Waals surface area contributed by atoms with E-state index in [2.05, 4.69) is 4.98 Å². The molecule has 3 N–H and O–H groups in total. The number of benzene rings is 1. The lowest BCUT2D eigenvalue weighted by molar-refractivity contribution is -0.384. The van der Waals surface area contributed by atoms with Crippen LogP contribution in [-0.2, 0) is 27.4 Å². The summed E-state index contributed by atoms with van der Waals surface area (Å²) in [7, 11) is 0. The molecule has 38 heavy (non-hydrogen) atoms. The number of imidazole rings is 1. The maximum atomic E-state index is 13.3. The van der Waals surface area contributed by atoms with Crippen molar-refractivity contribution >= 4 is 40.8 Å². The molecule has 1 aromatic carbocycles. The van der Waals surface area contributed by atoms with Gasteiger partial charge in [-0.15, -0.1) is 11.8 Å². The molecule has 0 unspecified atom stereocenters. The fourth-order valence-corrected chi connectivity index (χ4v) is 6.38. The first-order valence-electron chi connectivity index (χ1n) is 12.2. The number of anilines is 1. The van der Waals surface area contributed by atoms with Crippen molar-refractivity contribution < 1.29 is 24.4 Å². The first-order chi connectivity index (χ1) is 18.2. The van der Waals surface area contributed by atoms with Crippen LogP contribution in [0, 0.1) is 22.0 Å². The first-order valence-corrected chi connectivity index (χ1v) is 13.2. The summed E-state index contributed by atoms with van der Waals surface area (Å²) in [4.78, 5) is 43.3. The van der Waals surface area contributed by atoms with E-state index in [9.17, 15) is 24.8 Å². The maximum absolute atomic E-state index is 13.3. The van der Waals surface area contributed by atoms with Crippen molar-refractivity contribution in [3.05, 3.63) is 80.6 Å². The second-order valence-corrected chi connectivity index (χ2v) is 10.6. The lowest BCUT2D eigenvalue weighted by Gasteiger charge is -2.46. The molecular weight excluding hydrogens is 510 g/mol. The van der Waals surface area contributed by atoms with Gasteiger partial charge in [0.05, 0.1) is 28.7 Å². The third-order valence-corrected chi connectivity index (χ3v) is 8.34. The van der Waals surface area contributed by atoms with E-state index in [1.54, 1.807) is 6.92 Å². The number of hydrogen-bond acceptors (Lipinski definition) is 9. The number of hydrogen-bond donors (Lipinski definition) is 2. The molecule has 1 saturated heterocycles. The van der Waals surface area contributed by atoms with E-state index in [0.29, 0.717) is 23.6 Å². The number of amides is 1. The van der Waals surface area contributed by atoms with Crippen LogP contribution in [-0.4, -0.2) is 54.1 Å². The lowest BCUT2D eigenvalue weighted by Crippen LogP contribution is -2.63. The predicted octanol–water partition coefficient (Wildman–Crippen LogP) is 2.91. The SMILES string of the molecule is C[C@@H](O)[C@H]1C(=O)N2C(C(=O)OCc3ccc([N+](=O)[O-])cc3)=C(SCCc3nc4ccccn4c3N)[C@H](C)[C@H]12. The van der Waals surface area contributed by atoms with Crippen LogP contribution < -0.4 is 5.73 Å². The molecule has 0 aliphatic carbocycles. The van der Waals surface area contributed by atoms with Crippen molar-refractivity contribution in [1.29, 1.82) is 0 Å². The minimum atomic E-state index is -0.842.